The van der Waals surface area contributed by atoms with E-state index in [1.54, 1.807) is 20.1 Å². The molecule has 0 saturated carbocycles. The summed E-state index contributed by atoms with van der Waals surface area (Å²) in [6.07, 6.45) is 3.05. The molecule has 0 unspecified atom stereocenters. The van der Waals surface area contributed by atoms with Crippen molar-refractivity contribution in [1.29, 1.82) is 0 Å². The zero-order valence-electron chi connectivity index (χ0n) is 16.1. The Kier molecular flexibility index (Phi) is 7.17. The van der Waals surface area contributed by atoms with Crippen LogP contribution < -0.4 is 10.1 Å². The van der Waals surface area contributed by atoms with Gasteiger partial charge in [-0.1, -0.05) is 35.9 Å². The summed E-state index contributed by atoms with van der Waals surface area (Å²) in [6.45, 7) is 5.75. The van der Waals surface area contributed by atoms with Crippen LogP contribution in [0.25, 0.3) is 6.08 Å². The third-order valence-electron chi connectivity index (χ3n) is 4.13. The second-order valence-corrected chi connectivity index (χ2v) is 6.37. The molecule has 0 radical (unpaired) electrons. The van der Waals surface area contributed by atoms with Gasteiger partial charge in [0, 0.05) is 6.08 Å². The molecule has 5 heteroatoms. The summed E-state index contributed by atoms with van der Waals surface area (Å²) in [7, 11) is 1.60. The molecule has 142 valence electrons. The average Bonchev–Trinajstić information content (AvgIpc) is 2.67. The Morgan fingerprint density at radius 3 is 2.48 bits per heavy atom. The summed E-state index contributed by atoms with van der Waals surface area (Å²) in [6, 6.07) is 12.6. The summed E-state index contributed by atoms with van der Waals surface area (Å²) in [5.41, 5.74) is 3.99. The van der Waals surface area contributed by atoms with E-state index in [1.165, 1.54) is 6.08 Å². The van der Waals surface area contributed by atoms with Gasteiger partial charge in [0.25, 0.3) is 0 Å². The Morgan fingerprint density at radius 2 is 1.81 bits per heavy atom. The standard InChI is InChI=1S/C22H25NO4/c1-15-5-6-16(2)19(13-15)14-27-22(25)17(3)23-21(24)12-9-18-7-10-20(26-4)11-8-18/h5-13,17H,14H2,1-4H3,(H,23,24)/b12-9+/t17-/m0/s1. The molecular weight excluding hydrogens is 342 g/mol. The highest BCUT2D eigenvalue weighted by molar-refractivity contribution is 5.94. The molecule has 2 aromatic carbocycles. The van der Waals surface area contributed by atoms with Gasteiger partial charge in [0.15, 0.2) is 0 Å². The molecule has 1 amide bonds. The molecule has 2 aromatic rings. The lowest BCUT2D eigenvalue weighted by molar-refractivity contribution is -0.148. The van der Waals surface area contributed by atoms with Crippen molar-refractivity contribution in [3.05, 3.63) is 70.8 Å². The van der Waals surface area contributed by atoms with Crippen molar-refractivity contribution < 1.29 is 19.1 Å². The van der Waals surface area contributed by atoms with E-state index >= 15 is 0 Å². The molecule has 0 fully saturated rings. The third-order valence-corrected chi connectivity index (χ3v) is 4.13. The highest BCUT2D eigenvalue weighted by Gasteiger charge is 2.16. The minimum absolute atomic E-state index is 0.189. The Hall–Kier alpha value is -3.08. The van der Waals surface area contributed by atoms with Gasteiger partial charge in [0.05, 0.1) is 7.11 Å². The minimum atomic E-state index is -0.733. The van der Waals surface area contributed by atoms with Crippen LogP contribution in [0.5, 0.6) is 5.75 Å². The first kappa shape index (κ1) is 20.2. The monoisotopic (exact) mass is 367 g/mol. The van der Waals surface area contributed by atoms with Gasteiger partial charge in [-0.2, -0.15) is 0 Å². The molecule has 1 N–H and O–H groups in total. The molecule has 0 bridgehead atoms. The van der Waals surface area contributed by atoms with E-state index in [0.717, 1.165) is 28.0 Å². The molecule has 0 heterocycles. The molecule has 0 aliphatic carbocycles. The average molecular weight is 367 g/mol. The van der Waals surface area contributed by atoms with Gasteiger partial charge < -0.3 is 14.8 Å². The number of hydrogen-bond donors (Lipinski definition) is 1. The molecule has 5 nitrogen and oxygen atoms in total. The molecular formula is C22H25NO4. The Bertz CT molecular complexity index is 825. The van der Waals surface area contributed by atoms with E-state index in [9.17, 15) is 9.59 Å². The summed E-state index contributed by atoms with van der Waals surface area (Å²) in [5.74, 6) is -0.0825. The van der Waals surface area contributed by atoms with E-state index in [2.05, 4.69) is 5.32 Å². The molecule has 0 aromatic heterocycles. The number of esters is 1. The molecule has 1 atom stereocenters. The van der Waals surface area contributed by atoms with Crippen molar-refractivity contribution in [3.8, 4) is 5.75 Å². The van der Waals surface area contributed by atoms with Gasteiger partial charge in [-0.3, -0.25) is 4.79 Å². The molecule has 0 aliphatic rings. The molecule has 2 rings (SSSR count). The maximum absolute atomic E-state index is 12.1. The number of rotatable bonds is 7. The van der Waals surface area contributed by atoms with Crippen LogP contribution in [0, 0.1) is 13.8 Å². The maximum atomic E-state index is 12.1. The van der Waals surface area contributed by atoms with Crippen molar-refractivity contribution in [2.24, 2.45) is 0 Å². The van der Waals surface area contributed by atoms with Gasteiger partial charge in [-0.25, -0.2) is 4.79 Å². The molecule has 0 spiro atoms. The quantitative estimate of drug-likeness (QED) is 0.600. The predicted octanol–water partition coefficient (Wildman–Crippen LogP) is 3.57. The maximum Gasteiger partial charge on any atom is 0.328 e. The van der Waals surface area contributed by atoms with Crippen LogP contribution in [0.1, 0.15) is 29.2 Å². The van der Waals surface area contributed by atoms with Crippen molar-refractivity contribution in [2.45, 2.75) is 33.4 Å². The number of ether oxygens (including phenoxy) is 2. The van der Waals surface area contributed by atoms with Crippen LogP contribution in [0.2, 0.25) is 0 Å². The van der Waals surface area contributed by atoms with E-state index in [-0.39, 0.29) is 12.5 Å². The van der Waals surface area contributed by atoms with Crippen LogP contribution >= 0.6 is 0 Å². The second kappa shape index (κ2) is 9.57. The van der Waals surface area contributed by atoms with Gasteiger partial charge in [-0.05, 0) is 55.7 Å². The highest BCUT2D eigenvalue weighted by Crippen LogP contribution is 2.13. The smallest absolute Gasteiger partial charge is 0.328 e. The lowest BCUT2D eigenvalue weighted by Gasteiger charge is -2.13. The van der Waals surface area contributed by atoms with Gasteiger partial charge in [-0.15, -0.1) is 0 Å². The first-order valence-electron chi connectivity index (χ1n) is 8.74. The number of carbonyl (C=O) groups excluding carboxylic acids is 2. The number of carbonyl (C=O) groups is 2. The lowest BCUT2D eigenvalue weighted by Crippen LogP contribution is -2.38. The number of nitrogens with one attached hydrogen (secondary N) is 1. The highest BCUT2D eigenvalue weighted by atomic mass is 16.5. The predicted molar refractivity (Wildman–Crippen MR) is 105 cm³/mol. The van der Waals surface area contributed by atoms with Crippen molar-refractivity contribution >= 4 is 18.0 Å². The number of amides is 1. The first-order chi connectivity index (χ1) is 12.9. The zero-order chi connectivity index (χ0) is 19.8. The van der Waals surface area contributed by atoms with Crippen LogP contribution in [-0.4, -0.2) is 25.0 Å². The SMILES string of the molecule is COc1ccc(/C=C/C(=O)N[C@@H](C)C(=O)OCc2cc(C)ccc2C)cc1. The van der Waals surface area contributed by atoms with E-state index in [0.29, 0.717) is 0 Å². The minimum Gasteiger partial charge on any atom is -0.497 e. The van der Waals surface area contributed by atoms with E-state index in [1.807, 2.05) is 56.3 Å². The lowest BCUT2D eigenvalue weighted by atomic mass is 10.1. The Morgan fingerprint density at radius 1 is 1.11 bits per heavy atom. The van der Waals surface area contributed by atoms with Crippen molar-refractivity contribution in [1.82, 2.24) is 5.32 Å². The number of benzene rings is 2. The Labute approximate surface area is 160 Å². The summed E-state index contributed by atoms with van der Waals surface area (Å²) < 4.78 is 10.4. The van der Waals surface area contributed by atoms with Crippen LogP contribution in [0.4, 0.5) is 0 Å². The molecule has 0 aliphatic heterocycles. The van der Waals surface area contributed by atoms with Crippen LogP contribution in [0.3, 0.4) is 0 Å². The fourth-order valence-corrected chi connectivity index (χ4v) is 2.44. The summed E-state index contributed by atoms with van der Waals surface area (Å²) in [4.78, 5) is 24.1. The summed E-state index contributed by atoms with van der Waals surface area (Å²) in [5, 5.41) is 2.61. The van der Waals surface area contributed by atoms with Crippen molar-refractivity contribution in [2.75, 3.05) is 7.11 Å². The number of aryl methyl sites for hydroxylation is 2. The summed E-state index contributed by atoms with van der Waals surface area (Å²) >= 11 is 0. The van der Waals surface area contributed by atoms with Crippen LogP contribution in [-0.2, 0) is 20.9 Å². The zero-order valence-corrected chi connectivity index (χ0v) is 16.1. The van der Waals surface area contributed by atoms with Gasteiger partial charge in [0.1, 0.15) is 18.4 Å². The third kappa shape index (κ3) is 6.29. The number of hydrogen-bond acceptors (Lipinski definition) is 4. The van der Waals surface area contributed by atoms with E-state index in [4.69, 9.17) is 9.47 Å². The van der Waals surface area contributed by atoms with Crippen LogP contribution in [0.15, 0.2) is 48.5 Å². The van der Waals surface area contributed by atoms with Gasteiger partial charge in [0.2, 0.25) is 5.91 Å². The fraction of sp³-hybridized carbons (Fsp3) is 0.273. The van der Waals surface area contributed by atoms with Crippen molar-refractivity contribution in [3.63, 3.8) is 0 Å². The first-order valence-corrected chi connectivity index (χ1v) is 8.74. The Balaban J connectivity index is 1.84. The molecule has 27 heavy (non-hydrogen) atoms. The second-order valence-electron chi connectivity index (χ2n) is 6.37. The number of methoxy groups -OCH3 is 1. The molecule has 0 saturated heterocycles. The van der Waals surface area contributed by atoms with Gasteiger partial charge >= 0.3 is 5.97 Å². The normalized spacial score (nSPS) is 11.9. The largest absolute Gasteiger partial charge is 0.497 e. The van der Waals surface area contributed by atoms with E-state index < -0.39 is 12.0 Å². The topological polar surface area (TPSA) is 64.6 Å². The fourth-order valence-electron chi connectivity index (χ4n) is 2.44.